The Morgan fingerprint density at radius 3 is 2.95 bits per heavy atom. The van der Waals surface area contributed by atoms with Crippen LogP contribution in [0.15, 0.2) is 6.07 Å². The number of aliphatic hydroxyl groups excluding tert-OH is 1. The summed E-state index contributed by atoms with van der Waals surface area (Å²) in [6.07, 6.45) is 1.09. The summed E-state index contributed by atoms with van der Waals surface area (Å²) < 4.78 is 1.57. The summed E-state index contributed by atoms with van der Waals surface area (Å²) in [7, 11) is 0. The summed E-state index contributed by atoms with van der Waals surface area (Å²) in [6.45, 7) is 4.76. The lowest BCUT2D eigenvalue weighted by molar-refractivity contribution is 0.0464. The van der Waals surface area contributed by atoms with Crippen molar-refractivity contribution in [2.24, 2.45) is 0 Å². The quantitative estimate of drug-likeness (QED) is 0.811. The van der Waals surface area contributed by atoms with E-state index in [0.29, 0.717) is 18.9 Å². The van der Waals surface area contributed by atoms with Gasteiger partial charge < -0.3 is 10.0 Å². The molecule has 0 saturated carbocycles. The molecule has 1 amide bonds. The lowest BCUT2D eigenvalue weighted by Gasteiger charge is -2.29. The average Bonchev–Trinajstić information content (AvgIpc) is 2.82. The van der Waals surface area contributed by atoms with E-state index < -0.39 is 6.10 Å². The molecule has 1 aliphatic heterocycles. The van der Waals surface area contributed by atoms with Gasteiger partial charge in [0.1, 0.15) is 0 Å². The molecule has 1 unspecified atom stereocenters. The molecule has 7 heteroatoms. The number of carbonyl (C=O) groups is 1. The van der Waals surface area contributed by atoms with Gasteiger partial charge in [0, 0.05) is 24.5 Å². The molecule has 3 rings (SSSR count). The maximum absolute atomic E-state index is 12.4. The van der Waals surface area contributed by atoms with Crippen LogP contribution in [0.3, 0.4) is 0 Å². The molecular weight excluding hydrogens is 258 g/mol. The van der Waals surface area contributed by atoms with Gasteiger partial charge in [0.25, 0.3) is 11.7 Å². The average molecular weight is 275 g/mol. The van der Waals surface area contributed by atoms with Gasteiger partial charge in [0.05, 0.1) is 6.10 Å². The summed E-state index contributed by atoms with van der Waals surface area (Å²) in [5.41, 5.74) is 1.73. The smallest absolute Gasteiger partial charge is 0.293 e. The molecule has 0 aliphatic carbocycles. The second-order valence-electron chi connectivity index (χ2n) is 5.23. The number of hydrogen-bond donors (Lipinski definition) is 1. The Morgan fingerprint density at radius 2 is 2.20 bits per heavy atom. The fourth-order valence-corrected chi connectivity index (χ4v) is 2.54. The van der Waals surface area contributed by atoms with E-state index in [4.69, 9.17) is 0 Å². The molecule has 20 heavy (non-hydrogen) atoms. The van der Waals surface area contributed by atoms with Gasteiger partial charge in [0.15, 0.2) is 0 Å². The molecule has 1 fully saturated rings. The highest BCUT2D eigenvalue weighted by molar-refractivity contribution is 5.91. The molecule has 0 aromatic carbocycles. The van der Waals surface area contributed by atoms with Crippen LogP contribution in [-0.2, 0) is 0 Å². The Bertz CT molecular complexity index is 666. The summed E-state index contributed by atoms with van der Waals surface area (Å²) in [5.74, 6) is 0.329. The van der Waals surface area contributed by atoms with Gasteiger partial charge in [-0.3, -0.25) is 4.79 Å². The van der Waals surface area contributed by atoms with E-state index in [2.05, 4.69) is 15.1 Å². The van der Waals surface area contributed by atoms with Crippen LogP contribution in [0.4, 0.5) is 0 Å². The molecule has 1 N–H and O–H groups in total. The zero-order valence-corrected chi connectivity index (χ0v) is 11.6. The minimum absolute atomic E-state index is 0.139. The Hall–Kier alpha value is -2.02. The summed E-state index contributed by atoms with van der Waals surface area (Å²) in [6, 6.07) is 1.89. The molecule has 1 atom stereocenters. The van der Waals surface area contributed by atoms with Gasteiger partial charge in [-0.25, -0.2) is 9.50 Å². The van der Waals surface area contributed by atoms with Crippen molar-refractivity contribution < 1.29 is 9.90 Å². The maximum atomic E-state index is 12.4. The van der Waals surface area contributed by atoms with Gasteiger partial charge in [-0.1, -0.05) is 0 Å². The van der Waals surface area contributed by atoms with Crippen molar-refractivity contribution in [3.05, 3.63) is 23.3 Å². The van der Waals surface area contributed by atoms with Crippen LogP contribution in [0.25, 0.3) is 5.78 Å². The number of aliphatic hydroxyl groups is 1. The Balaban J connectivity index is 1.93. The predicted octanol–water partition coefficient (Wildman–Crippen LogP) is 0.338. The summed E-state index contributed by atoms with van der Waals surface area (Å²) >= 11 is 0. The number of aromatic nitrogens is 4. The number of hydrogen-bond acceptors (Lipinski definition) is 5. The molecule has 7 nitrogen and oxygen atoms in total. The molecule has 0 spiro atoms. The molecule has 0 radical (unpaired) electrons. The topological polar surface area (TPSA) is 83.6 Å². The van der Waals surface area contributed by atoms with Crippen molar-refractivity contribution in [1.29, 1.82) is 0 Å². The first-order chi connectivity index (χ1) is 9.54. The highest BCUT2D eigenvalue weighted by Crippen LogP contribution is 2.13. The molecule has 106 valence electrons. The van der Waals surface area contributed by atoms with E-state index in [0.717, 1.165) is 24.2 Å². The predicted molar refractivity (Wildman–Crippen MR) is 71.4 cm³/mol. The Morgan fingerprint density at radius 1 is 1.40 bits per heavy atom. The minimum atomic E-state index is -0.452. The third-order valence-corrected chi connectivity index (χ3v) is 3.49. The van der Waals surface area contributed by atoms with Crippen LogP contribution < -0.4 is 0 Å². The SMILES string of the molecule is Cc1cc(C)n2nc(C(=O)N3CCCC(O)C3)nc2n1. The van der Waals surface area contributed by atoms with Gasteiger partial charge >= 0.3 is 0 Å². The fraction of sp³-hybridized carbons (Fsp3) is 0.538. The monoisotopic (exact) mass is 275 g/mol. The first kappa shape index (κ1) is 13.0. The maximum Gasteiger partial charge on any atom is 0.293 e. The van der Waals surface area contributed by atoms with Crippen LogP contribution >= 0.6 is 0 Å². The Labute approximate surface area is 116 Å². The van der Waals surface area contributed by atoms with E-state index in [1.54, 1.807) is 9.42 Å². The molecule has 1 aliphatic rings. The second-order valence-corrected chi connectivity index (χ2v) is 5.23. The van der Waals surface area contributed by atoms with Crippen molar-refractivity contribution in [1.82, 2.24) is 24.5 Å². The molecule has 3 heterocycles. The number of β-amino-alcohol motifs (C(OH)–C–C–N with tert-alkyl or cyclic N) is 1. The second kappa shape index (κ2) is 4.82. The third kappa shape index (κ3) is 2.24. The van der Waals surface area contributed by atoms with Crippen LogP contribution in [0.1, 0.15) is 34.8 Å². The number of amides is 1. The normalized spacial score (nSPS) is 19.6. The van der Waals surface area contributed by atoms with Gasteiger partial charge in [-0.2, -0.15) is 4.98 Å². The molecular formula is C13H17N5O2. The number of nitrogens with zero attached hydrogens (tertiary/aromatic N) is 5. The van der Waals surface area contributed by atoms with Crippen LogP contribution in [0.2, 0.25) is 0 Å². The van der Waals surface area contributed by atoms with Gasteiger partial charge in [-0.05, 0) is 32.8 Å². The summed E-state index contributed by atoms with van der Waals surface area (Å²) in [4.78, 5) is 22.4. The van der Waals surface area contributed by atoms with Crippen molar-refractivity contribution in [2.45, 2.75) is 32.8 Å². The number of fused-ring (bicyclic) bond motifs is 1. The van der Waals surface area contributed by atoms with Gasteiger partial charge in [0.2, 0.25) is 5.82 Å². The Kier molecular flexibility index (Phi) is 3.13. The van der Waals surface area contributed by atoms with Crippen LogP contribution in [-0.4, -0.2) is 54.7 Å². The van der Waals surface area contributed by atoms with Crippen LogP contribution in [0.5, 0.6) is 0 Å². The van der Waals surface area contributed by atoms with E-state index in [1.807, 2.05) is 19.9 Å². The number of aryl methyl sites for hydroxylation is 2. The number of rotatable bonds is 1. The number of carbonyl (C=O) groups excluding carboxylic acids is 1. The van der Waals surface area contributed by atoms with Crippen molar-refractivity contribution in [2.75, 3.05) is 13.1 Å². The third-order valence-electron chi connectivity index (χ3n) is 3.49. The molecule has 0 bridgehead atoms. The lowest BCUT2D eigenvalue weighted by Crippen LogP contribution is -2.42. The molecule has 2 aromatic heterocycles. The van der Waals surface area contributed by atoms with E-state index in [-0.39, 0.29) is 11.7 Å². The molecule has 1 saturated heterocycles. The largest absolute Gasteiger partial charge is 0.391 e. The lowest BCUT2D eigenvalue weighted by atomic mass is 10.1. The minimum Gasteiger partial charge on any atom is -0.391 e. The summed E-state index contributed by atoms with van der Waals surface area (Å²) in [5, 5.41) is 13.9. The van der Waals surface area contributed by atoms with E-state index >= 15 is 0 Å². The van der Waals surface area contributed by atoms with E-state index in [9.17, 15) is 9.90 Å². The first-order valence-corrected chi connectivity index (χ1v) is 6.73. The fourth-order valence-electron chi connectivity index (χ4n) is 2.54. The van der Waals surface area contributed by atoms with E-state index in [1.165, 1.54) is 0 Å². The number of piperidine rings is 1. The van der Waals surface area contributed by atoms with Gasteiger partial charge in [-0.15, -0.1) is 5.10 Å². The first-order valence-electron chi connectivity index (χ1n) is 6.73. The zero-order valence-electron chi connectivity index (χ0n) is 11.6. The van der Waals surface area contributed by atoms with Crippen LogP contribution in [0, 0.1) is 13.8 Å². The molecule has 2 aromatic rings. The highest BCUT2D eigenvalue weighted by Gasteiger charge is 2.26. The van der Waals surface area contributed by atoms with Crippen molar-refractivity contribution in [3.63, 3.8) is 0 Å². The van der Waals surface area contributed by atoms with Crippen molar-refractivity contribution in [3.8, 4) is 0 Å². The zero-order chi connectivity index (χ0) is 14.3. The number of likely N-dealkylation sites (tertiary alicyclic amines) is 1. The standard InChI is InChI=1S/C13H17N5O2/c1-8-6-9(2)18-13(14-8)15-11(16-18)12(20)17-5-3-4-10(19)7-17/h6,10,19H,3-5,7H2,1-2H3. The highest BCUT2D eigenvalue weighted by atomic mass is 16.3. The van der Waals surface area contributed by atoms with Crippen molar-refractivity contribution >= 4 is 11.7 Å².